The highest BCUT2D eigenvalue weighted by atomic mass is 35.5. The quantitative estimate of drug-likeness (QED) is 0.285. The Bertz CT molecular complexity index is 1440. The van der Waals surface area contributed by atoms with Gasteiger partial charge in [0, 0.05) is 18.1 Å². The van der Waals surface area contributed by atoms with Crippen LogP contribution in [0.5, 0.6) is 0 Å². The van der Waals surface area contributed by atoms with Crippen LogP contribution in [0, 0.1) is 6.92 Å². The van der Waals surface area contributed by atoms with Crippen molar-refractivity contribution in [3.63, 3.8) is 0 Å². The molecule has 0 unspecified atom stereocenters. The van der Waals surface area contributed by atoms with Crippen LogP contribution in [0.1, 0.15) is 31.4 Å². The molecule has 0 saturated heterocycles. The fourth-order valence-electron chi connectivity index (χ4n) is 3.94. The van der Waals surface area contributed by atoms with Crippen molar-refractivity contribution in [2.45, 2.75) is 44.7 Å². The number of nitrogens with one attached hydrogen (secondary N) is 1. The summed E-state index contributed by atoms with van der Waals surface area (Å²) >= 11 is 18.4. The van der Waals surface area contributed by atoms with Gasteiger partial charge in [-0.15, -0.1) is 0 Å². The van der Waals surface area contributed by atoms with Gasteiger partial charge >= 0.3 is 0 Å². The van der Waals surface area contributed by atoms with Crippen LogP contribution < -0.4 is 9.62 Å². The van der Waals surface area contributed by atoms with Gasteiger partial charge in [0.05, 0.1) is 20.6 Å². The fourth-order valence-corrected chi connectivity index (χ4v) is 5.99. The minimum absolute atomic E-state index is 0.00918. The zero-order chi connectivity index (χ0) is 28.7. The van der Waals surface area contributed by atoms with E-state index >= 15 is 0 Å². The molecular weight excluding hydrogens is 581 g/mol. The molecule has 0 aliphatic rings. The highest BCUT2D eigenvalue weighted by Gasteiger charge is 2.33. The Morgan fingerprint density at radius 1 is 0.949 bits per heavy atom. The lowest BCUT2D eigenvalue weighted by Crippen LogP contribution is -2.51. The second kappa shape index (κ2) is 13.5. The van der Waals surface area contributed by atoms with E-state index in [1.165, 1.54) is 17.0 Å². The third kappa shape index (κ3) is 7.66. The van der Waals surface area contributed by atoms with Gasteiger partial charge in [0.15, 0.2) is 0 Å². The molecule has 39 heavy (non-hydrogen) atoms. The number of aryl methyl sites for hydroxylation is 1. The van der Waals surface area contributed by atoms with E-state index in [0.717, 1.165) is 10.7 Å². The van der Waals surface area contributed by atoms with Gasteiger partial charge < -0.3 is 10.2 Å². The monoisotopic (exact) mass is 609 g/mol. The van der Waals surface area contributed by atoms with Crippen molar-refractivity contribution in [3.05, 3.63) is 92.9 Å². The fraction of sp³-hybridized carbons (Fsp3) is 0.286. The lowest BCUT2D eigenvalue weighted by Gasteiger charge is -2.32. The molecule has 0 radical (unpaired) electrons. The topological polar surface area (TPSA) is 86.8 Å². The van der Waals surface area contributed by atoms with E-state index in [9.17, 15) is 18.0 Å². The van der Waals surface area contributed by atoms with Gasteiger partial charge in [-0.3, -0.25) is 13.9 Å². The number of rotatable bonds is 11. The van der Waals surface area contributed by atoms with Gasteiger partial charge in [-0.05, 0) is 73.9 Å². The Morgan fingerprint density at radius 3 is 2.26 bits per heavy atom. The number of carbonyl (C=O) groups is 2. The summed E-state index contributed by atoms with van der Waals surface area (Å²) in [5, 5.41) is 3.89. The molecule has 0 fully saturated rings. The molecule has 0 saturated carbocycles. The molecule has 0 spiro atoms. The molecule has 1 N–H and O–H groups in total. The Hall–Kier alpha value is -2.78. The van der Waals surface area contributed by atoms with Gasteiger partial charge in [-0.2, -0.15) is 0 Å². The van der Waals surface area contributed by atoms with Crippen molar-refractivity contribution >= 4 is 62.3 Å². The van der Waals surface area contributed by atoms with E-state index in [0.29, 0.717) is 38.4 Å². The smallest absolute Gasteiger partial charge is 0.264 e. The van der Waals surface area contributed by atoms with E-state index in [4.69, 9.17) is 34.8 Å². The minimum atomic E-state index is -4.16. The molecule has 2 amide bonds. The zero-order valence-electron chi connectivity index (χ0n) is 21.8. The lowest BCUT2D eigenvalue weighted by atomic mass is 10.1. The summed E-state index contributed by atoms with van der Waals surface area (Å²) < 4.78 is 28.7. The van der Waals surface area contributed by atoms with Crippen molar-refractivity contribution in [2.75, 3.05) is 17.4 Å². The largest absolute Gasteiger partial charge is 0.354 e. The Labute approximate surface area is 244 Å². The highest BCUT2D eigenvalue weighted by Crippen LogP contribution is 2.30. The second-order valence-corrected chi connectivity index (χ2v) is 12.1. The van der Waals surface area contributed by atoms with Crippen molar-refractivity contribution in [1.82, 2.24) is 10.2 Å². The van der Waals surface area contributed by atoms with Crippen molar-refractivity contribution in [2.24, 2.45) is 0 Å². The summed E-state index contributed by atoms with van der Waals surface area (Å²) in [5.41, 5.74) is 1.50. The van der Waals surface area contributed by atoms with Crippen LogP contribution in [0.2, 0.25) is 15.1 Å². The first-order chi connectivity index (χ1) is 18.4. The first-order valence-corrected chi connectivity index (χ1v) is 14.9. The average Bonchev–Trinajstić information content (AvgIpc) is 2.91. The van der Waals surface area contributed by atoms with Crippen LogP contribution in [0.15, 0.2) is 71.6 Å². The molecule has 3 aromatic carbocycles. The molecule has 3 rings (SSSR count). The Balaban J connectivity index is 2.05. The number of hydrogen-bond acceptors (Lipinski definition) is 4. The maximum absolute atomic E-state index is 13.9. The summed E-state index contributed by atoms with van der Waals surface area (Å²) in [4.78, 5) is 28.2. The van der Waals surface area contributed by atoms with E-state index in [1.807, 2.05) is 6.92 Å². The maximum atomic E-state index is 13.9. The predicted octanol–water partition coefficient (Wildman–Crippen LogP) is 6.09. The molecule has 0 aromatic heterocycles. The molecule has 0 aliphatic carbocycles. The van der Waals surface area contributed by atoms with Crippen LogP contribution in [0.25, 0.3) is 0 Å². The first-order valence-electron chi connectivity index (χ1n) is 12.3. The summed E-state index contributed by atoms with van der Waals surface area (Å²) in [6.07, 6.45) is 0.720. The van der Waals surface area contributed by atoms with Crippen molar-refractivity contribution < 1.29 is 18.0 Å². The third-order valence-corrected chi connectivity index (χ3v) is 8.84. The maximum Gasteiger partial charge on any atom is 0.264 e. The first kappa shape index (κ1) is 30.8. The van der Waals surface area contributed by atoms with E-state index in [2.05, 4.69) is 5.32 Å². The summed E-state index contributed by atoms with van der Waals surface area (Å²) in [6.45, 7) is 5.14. The number of nitrogens with zero attached hydrogens (tertiary/aromatic N) is 2. The molecule has 11 heteroatoms. The second-order valence-electron chi connectivity index (χ2n) is 8.99. The van der Waals surface area contributed by atoms with Crippen molar-refractivity contribution in [3.8, 4) is 0 Å². The van der Waals surface area contributed by atoms with Gasteiger partial charge in [0.1, 0.15) is 12.6 Å². The normalized spacial score (nSPS) is 12.1. The summed E-state index contributed by atoms with van der Waals surface area (Å²) in [5.74, 6) is -0.931. The summed E-state index contributed by atoms with van der Waals surface area (Å²) in [6, 6.07) is 16.6. The molecule has 0 aliphatic heterocycles. The van der Waals surface area contributed by atoms with Crippen LogP contribution in [0.3, 0.4) is 0 Å². The Kier molecular flexibility index (Phi) is 10.7. The number of amides is 2. The van der Waals surface area contributed by atoms with E-state index < -0.39 is 28.5 Å². The zero-order valence-corrected chi connectivity index (χ0v) is 24.9. The van der Waals surface area contributed by atoms with E-state index in [-0.39, 0.29) is 17.3 Å². The van der Waals surface area contributed by atoms with E-state index in [1.54, 1.807) is 68.4 Å². The standard InChI is InChI=1S/C28H30Cl3N3O4S/c1-4-14-32-28(36)20(3)33(17-21-10-12-24(30)25(31)16-21)27(35)18-34(26-13-11-22(29)15-19(26)2)39(37,38)23-8-6-5-7-9-23/h5-13,15-16,20H,4,14,17-18H2,1-3H3,(H,32,36)/t20-/m1/s1. The molecule has 0 bridgehead atoms. The molecule has 208 valence electrons. The predicted molar refractivity (Wildman–Crippen MR) is 157 cm³/mol. The molecule has 7 nitrogen and oxygen atoms in total. The van der Waals surface area contributed by atoms with Crippen LogP contribution in [0.4, 0.5) is 5.69 Å². The van der Waals surface area contributed by atoms with Gasteiger partial charge in [0.2, 0.25) is 11.8 Å². The summed E-state index contributed by atoms with van der Waals surface area (Å²) in [7, 11) is -4.16. The van der Waals surface area contributed by atoms with Gasteiger partial charge in [-0.25, -0.2) is 8.42 Å². The van der Waals surface area contributed by atoms with Crippen LogP contribution in [-0.4, -0.2) is 44.3 Å². The molecule has 0 heterocycles. The number of halogens is 3. The average molecular weight is 611 g/mol. The SMILES string of the molecule is CCCNC(=O)[C@@H](C)N(Cc1ccc(Cl)c(Cl)c1)C(=O)CN(c1ccc(Cl)cc1C)S(=O)(=O)c1ccccc1. The number of sulfonamides is 1. The number of benzene rings is 3. The molecule has 1 atom stereocenters. The highest BCUT2D eigenvalue weighted by molar-refractivity contribution is 7.92. The number of carbonyl (C=O) groups excluding carboxylic acids is 2. The number of hydrogen-bond donors (Lipinski definition) is 1. The van der Waals surface area contributed by atoms with Crippen molar-refractivity contribution in [1.29, 1.82) is 0 Å². The molecular formula is C28H30Cl3N3O4S. The lowest BCUT2D eigenvalue weighted by molar-refractivity contribution is -0.139. The molecule has 3 aromatic rings. The third-order valence-electron chi connectivity index (χ3n) is 6.09. The minimum Gasteiger partial charge on any atom is -0.354 e. The van der Waals surface area contributed by atoms with Crippen LogP contribution in [-0.2, 0) is 26.2 Å². The van der Waals surface area contributed by atoms with Gasteiger partial charge in [-0.1, -0.05) is 66.0 Å². The van der Waals surface area contributed by atoms with Gasteiger partial charge in [0.25, 0.3) is 10.0 Å². The Morgan fingerprint density at radius 2 is 1.64 bits per heavy atom. The van der Waals surface area contributed by atoms with Crippen LogP contribution >= 0.6 is 34.8 Å². The number of anilines is 1.